The van der Waals surface area contributed by atoms with Crippen molar-refractivity contribution in [3.63, 3.8) is 0 Å². The molecule has 1 aromatic carbocycles. The summed E-state index contributed by atoms with van der Waals surface area (Å²) in [6.07, 6.45) is 5.98. The molecule has 0 saturated heterocycles. The van der Waals surface area contributed by atoms with Gasteiger partial charge in [0.2, 0.25) is 0 Å². The summed E-state index contributed by atoms with van der Waals surface area (Å²) < 4.78 is 3.75. The Morgan fingerprint density at radius 1 is 1.05 bits per heavy atom. The molecular formula is C16H18N4. The first kappa shape index (κ1) is 12.7. The number of hydrogen-bond donors (Lipinski definition) is 0. The Kier molecular flexibility index (Phi) is 3.14. The normalized spacial score (nSPS) is 11.2. The second-order valence-electron chi connectivity index (χ2n) is 5.27. The Morgan fingerprint density at radius 3 is 2.40 bits per heavy atom. The third-order valence-electron chi connectivity index (χ3n) is 3.36. The third kappa shape index (κ3) is 2.25. The summed E-state index contributed by atoms with van der Waals surface area (Å²) >= 11 is 0. The Hall–Kier alpha value is -2.36. The predicted molar refractivity (Wildman–Crippen MR) is 79.9 cm³/mol. The molecule has 20 heavy (non-hydrogen) atoms. The first-order valence-electron chi connectivity index (χ1n) is 6.79. The Labute approximate surface area is 118 Å². The first-order chi connectivity index (χ1) is 9.65. The average Bonchev–Trinajstić information content (AvgIpc) is 3.05. The highest BCUT2D eigenvalue weighted by molar-refractivity contribution is 5.62. The minimum Gasteiger partial charge on any atom is -0.275 e. The molecule has 0 unspecified atom stereocenters. The van der Waals surface area contributed by atoms with Crippen molar-refractivity contribution >= 4 is 0 Å². The van der Waals surface area contributed by atoms with Crippen LogP contribution in [0.3, 0.4) is 0 Å². The van der Waals surface area contributed by atoms with Gasteiger partial charge in [0, 0.05) is 30.6 Å². The minimum absolute atomic E-state index is 0.419. The lowest BCUT2D eigenvalue weighted by atomic mass is 10.0. The van der Waals surface area contributed by atoms with Gasteiger partial charge in [-0.15, -0.1) is 0 Å². The van der Waals surface area contributed by atoms with Crippen molar-refractivity contribution in [2.24, 2.45) is 7.05 Å². The molecule has 0 amide bonds. The molecule has 4 nitrogen and oxygen atoms in total. The van der Waals surface area contributed by atoms with Gasteiger partial charge in [-0.2, -0.15) is 10.2 Å². The number of aryl methyl sites for hydroxylation is 1. The van der Waals surface area contributed by atoms with Gasteiger partial charge in [0.25, 0.3) is 0 Å². The van der Waals surface area contributed by atoms with E-state index < -0.39 is 0 Å². The van der Waals surface area contributed by atoms with E-state index in [0.717, 1.165) is 16.9 Å². The summed E-state index contributed by atoms with van der Waals surface area (Å²) in [5.74, 6) is 0.419. The number of benzene rings is 1. The summed E-state index contributed by atoms with van der Waals surface area (Å²) in [6.45, 7) is 4.37. The lowest BCUT2D eigenvalue weighted by molar-refractivity contribution is 0.768. The monoisotopic (exact) mass is 266 g/mol. The summed E-state index contributed by atoms with van der Waals surface area (Å²) in [7, 11) is 1.92. The lowest BCUT2D eigenvalue weighted by Gasteiger charge is -2.02. The van der Waals surface area contributed by atoms with Gasteiger partial charge in [-0.05, 0) is 18.1 Å². The van der Waals surface area contributed by atoms with Crippen molar-refractivity contribution < 1.29 is 0 Å². The molecule has 0 bridgehead atoms. The smallest absolute Gasteiger partial charge is 0.0993 e. The fraction of sp³-hybridized carbons (Fsp3) is 0.250. The van der Waals surface area contributed by atoms with Crippen molar-refractivity contribution in [3.05, 3.63) is 54.5 Å². The van der Waals surface area contributed by atoms with Crippen molar-refractivity contribution in [2.45, 2.75) is 19.8 Å². The van der Waals surface area contributed by atoms with Crippen LogP contribution in [-0.4, -0.2) is 19.6 Å². The van der Waals surface area contributed by atoms with E-state index in [0.29, 0.717) is 5.92 Å². The van der Waals surface area contributed by atoms with Crippen LogP contribution in [0.1, 0.15) is 25.3 Å². The van der Waals surface area contributed by atoms with Gasteiger partial charge in [0.15, 0.2) is 0 Å². The Morgan fingerprint density at radius 2 is 1.80 bits per heavy atom. The zero-order chi connectivity index (χ0) is 14.1. The molecule has 0 saturated carbocycles. The molecule has 0 aliphatic rings. The maximum absolute atomic E-state index is 4.75. The molecule has 3 aromatic rings. The highest BCUT2D eigenvalue weighted by Gasteiger charge is 2.15. The minimum atomic E-state index is 0.419. The van der Waals surface area contributed by atoms with Crippen LogP contribution in [0.25, 0.3) is 16.9 Å². The van der Waals surface area contributed by atoms with Crippen molar-refractivity contribution in [2.75, 3.05) is 0 Å². The molecule has 2 aromatic heterocycles. The van der Waals surface area contributed by atoms with Gasteiger partial charge >= 0.3 is 0 Å². The average molecular weight is 266 g/mol. The molecular weight excluding hydrogens is 248 g/mol. The van der Waals surface area contributed by atoms with Gasteiger partial charge in [0.05, 0.1) is 17.6 Å². The van der Waals surface area contributed by atoms with E-state index in [1.165, 1.54) is 5.56 Å². The maximum atomic E-state index is 4.75. The molecule has 0 aliphatic carbocycles. The fourth-order valence-corrected chi connectivity index (χ4v) is 2.29. The quantitative estimate of drug-likeness (QED) is 0.728. The summed E-state index contributed by atoms with van der Waals surface area (Å²) in [4.78, 5) is 0. The molecule has 0 N–H and O–H groups in total. The highest BCUT2D eigenvalue weighted by atomic mass is 15.3. The van der Waals surface area contributed by atoms with Gasteiger partial charge in [-0.1, -0.05) is 32.0 Å². The molecule has 0 atom stereocenters. The predicted octanol–water partition coefficient (Wildman–Crippen LogP) is 3.40. The first-order valence-corrected chi connectivity index (χ1v) is 6.79. The van der Waals surface area contributed by atoms with Crippen LogP contribution < -0.4 is 0 Å². The van der Waals surface area contributed by atoms with Crippen LogP contribution >= 0.6 is 0 Å². The van der Waals surface area contributed by atoms with E-state index in [2.05, 4.69) is 37.3 Å². The molecule has 0 spiro atoms. The second kappa shape index (κ2) is 4.96. The molecule has 4 heteroatoms. The highest BCUT2D eigenvalue weighted by Crippen LogP contribution is 2.28. The zero-order valence-corrected chi connectivity index (χ0v) is 12.0. The van der Waals surface area contributed by atoms with Crippen molar-refractivity contribution in [1.82, 2.24) is 19.6 Å². The van der Waals surface area contributed by atoms with E-state index in [4.69, 9.17) is 5.10 Å². The molecule has 0 aliphatic heterocycles. The van der Waals surface area contributed by atoms with Crippen LogP contribution in [-0.2, 0) is 7.05 Å². The van der Waals surface area contributed by atoms with E-state index in [1.54, 1.807) is 4.68 Å². The number of nitrogens with zero attached hydrogens (tertiary/aromatic N) is 4. The van der Waals surface area contributed by atoms with Crippen LogP contribution in [0.5, 0.6) is 0 Å². The molecule has 2 heterocycles. The van der Waals surface area contributed by atoms with E-state index in [-0.39, 0.29) is 0 Å². The molecule has 102 valence electrons. The third-order valence-corrected chi connectivity index (χ3v) is 3.36. The summed E-state index contributed by atoms with van der Waals surface area (Å²) in [5, 5.41) is 8.99. The van der Waals surface area contributed by atoms with Gasteiger partial charge in [-0.3, -0.25) is 4.68 Å². The lowest BCUT2D eigenvalue weighted by Crippen LogP contribution is -1.93. The van der Waals surface area contributed by atoms with Gasteiger partial charge < -0.3 is 0 Å². The Bertz CT molecular complexity index is 707. The number of hydrogen-bond acceptors (Lipinski definition) is 2. The number of rotatable bonds is 3. The summed E-state index contributed by atoms with van der Waals surface area (Å²) in [5.41, 5.74) is 4.38. The molecule has 0 radical (unpaired) electrons. The van der Waals surface area contributed by atoms with Crippen LogP contribution in [0.4, 0.5) is 0 Å². The van der Waals surface area contributed by atoms with Gasteiger partial charge in [-0.25, -0.2) is 4.68 Å². The zero-order valence-electron chi connectivity index (χ0n) is 12.0. The SMILES string of the molecule is CC(C)c1cn(-c2ccccc2)nc1-c1cnn(C)c1. The summed E-state index contributed by atoms with van der Waals surface area (Å²) in [6, 6.07) is 10.2. The number of para-hydroxylation sites is 1. The van der Waals surface area contributed by atoms with Crippen molar-refractivity contribution in [3.8, 4) is 16.9 Å². The fourth-order valence-electron chi connectivity index (χ4n) is 2.29. The van der Waals surface area contributed by atoms with E-state index in [9.17, 15) is 0 Å². The largest absolute Gasteiger partial charge is 0.275 e. The molecule has 0 fully saturated rings. The van der Waals surface area contributed by atoms with Crippen LogP contribution in [0.15, 0.2) is 48.9 Å². The standard InChI is InChI=1S/C16H18N4/c1-12(2)15-11-20(14-7-5-4-6-8-14)18-16(15)13-9-17-19(3)10-13/h4-12H,1-3H3. The number of aromatic nitrogens is 4. The van der Waals surface area contributed by atoms with Gasteiger partial charge in [0.1, 0.15) is 0 Å². The van der Waals surface area contributed by atoms with Crippen LogP contribution in [0, 0.1) is 0 Å². The molecule has 3 rings (SSSR count). The second-order valence-corrected chi connectivity index (χ2v) is 5.27. The van der Waals surface area contributed by atoms with Crippen LogP contribution in [0.2, 0.25) is 0 Å². The Balaban J connectivity index is 2.12. The van der Waals surface area contributed by atoms with E-state index in [1.807, 2.05) is 42.3 Å². The maximum Gasteiger partial charge on any atom is 0.0993 e. The van der Waals surface area contributed by atoms with Crippen molar-refractivity contribution in [1.29, 1.82) is 0 Å². The van der Waals surface area contributed by atoms with E-state index >= 15 is 0 Å². The topological polar surface area (TPSA) is 35.6 Å².